The van der Waals surface area contributed by atoms with Gasteiger partial charge in [0.05, 0.1) is 0 Å². The number of amides is 1. The van der Waals surface area contributed by atoms with E-state index in [0.717, 1.165) is 32.5 Å². The van der Waals surface area contributed by atoms with Gasteiger partial charge in [0.2, 0.25) is 5.91 Å². The number of carbonyl (C=O) groups excluding carboxylic acids is 1. The van der Waals surface area contributed by atoms with E-state index in [2.05, 4.69) is 43.0 Å². The number of carbonyl (C=O) groups is 1. The van der Waals surface area contributed by atoms with Crippen LogP contribution in [-0.4, -0.2) is 46.8 Å². The highest BCUT2D eigenvalue weighted by Crippen LogP contribution is 2.20. The largest absolute Gasteiger partial charge is 0.335 e. The zero-order chi connectivity index (χ0) is 15.2. The monoisotopic (exact) mass is 308 g/mol. The van der Waals surface area contributed by atoms with Crippen molar-refractivity contribution in [2.45, 2.75) is 45.3 Å². The third-order valence-corrected chi connectivity index (χ3v) is 4.31. The van der Waals surface area contributed by atoms with Gasteiger partial charge >= 0.3 is 0 Å². The predicted octanol–water partition coefficient (Wildman–Crippen LogP) is 3.13. The fourth-order valence-electron chi connectivity index (χ4n) is 3.23. The van der Waals surface area contributed by atoms with Gasteiger partial charge in [-0.2, -0.15) is 0 Å². The lowest BCUT2D eigenvalue weighted by Gasteiger charge is -2.41. The van der Waals surface area contributed by atoms with Gasteiger partial charge in [-0.3, -0.25) is 9.69 Å². The number of rotatable bonds is 5. The Morgan fingerprint density at radius 1 is 1.38 bits per heavy atom. The van der Waals surface area contributed by atoms with Crippen molar-refractivity contribution in [2.75, 3.05) is 19.0 Å². The predicted molar refractivity (Wildman–Crippen MR) is 87.4 cm³/mol. The summed E-state index contributed by atoms with van der Waals surface area (Å²) in [5, 5.41) is 0. The van der Waals surface area contributed by atoms with E-state index in [4.69, 9.17) is 11.6 Å². The second-order valence-electron chi connectivity index (χ2n) is 6.05. The minimum absolute atomic E-state index is 0.0539. The highest BCUT2D eigenvalue weighted by Gasteiger charge is 2.29. The van der Waals surface area contributed by atoms with E-state index in [1.165, 1.54) is 5.56 Å². The van der Waals surface area contributed by atoms with Crippen molar-refractivity contribution in [3.05, 3.63) is 35.9 Å². The molecule has 0 saturated carbocycles. The van der Waals surface area contributed by atoms with E-state index in [9.17, 15) is 4.79 Å². The second-order valence-corrected chi connectivity index (χ2v) is 6.31. The Kier molecular flexibility index (Phi) is 6.07. The van der Waals surface area contributed by atoms with E-state index in [1.807, 2.05) is 11.0 Å². The summed E-state index contributed by atoms with van der Waals surface area (Å²) in [4.78, 5) is 16.5. The number of hydrogen-bond donors (Lipinski definition) is 0. The van der Waals surface area contributed by atoms with Gasteiger partial charge in [0, 0.05) is 25.2 Å². The lowest BCUT2D eigenvalue weighted by Crippen LogP contribution is -2.53. The number of halogens is 1. The zero-order valence-corrected chi connectivity index (χ0v) is 13.7. The maximum Gasteiger partial charge on any atom is 0.238 e. The van der Waals surface area contributed by atoms with Crippen LogP contribution in [0.3, 0.4) is 0 Å². The Labute approximate surface area is 132 Å². The molecular formula is C17H25ClN2O. The molecule has 1 atom stereocenters. The van der Waals surface area contributed by atoms with Crippen LogP contribution in [0.4, 0.5) is 0 Å². The molecule has 2 rings (SSSR count). The molecule has 116 valence electrons. The fourth-order valence-corrected chi connectivity index (χ4v) is 3.36. The summed E-state index contributed by atoms with van der Waals surface area (Å²) in [6.07, 6.45) is 2.21. The van der Waals surface area contributed by atoms with Crippen molar-refractivity contribution < 1.29 is 4.79 Å². The van der Waals surface area contributed by atoms with Crippen LogP contribution in [0.1, 0.15) is 32.3 Å². The Hall–Kier alpha value is -1.06. The van der Waals surface area contributed by atoms with Gasteiger partial charge in [0.15, 0.2) is 0 Å². The first-order chi connectivity index (χ1) is 10.1. The smallest absolute Gasteiger partial charge is 0.238 e. The van der Waals surface area contributed by atoms with Gasteiger partial charge in [-0.05, 0) is 38.8 Å². The van der Waals surface area contributed by atoms with Crippen LogP contribution in [-0.2, 0) is 11.3 Å². The molecule has 0 unspecified atom stereocenters. The summed E-state index contributed by atoms with van der Waals surface area (Å²) in [5.74, 6) is 0.131. The molecule has 1 saturated heterocycles. The molecule has 0 spiro atoms. The molecule has 0 N–H and O–H groups in total. The molecule has 1 amide bonds. The normalized spacial score (nSPS) is 19.7. The molecule has 21 heavy (non-hydrogen) atoms. The first kappa shape index (κ1) is 16.3. The molecule has 0 radical (unpaired) electrons. The average Bonchev–Trinajstić information content (AvgIpc) is 2.48. The van der Waals surface area contributed by atoms with Crippen molar-refractivity contribution in [3.63, 3.8) is 0 Å². The molecule has 1 aliphatic heterocycles. The van der Waals surface area contributed by atoms with Crippen LogP contribution < -0.4 is 0 Å². The topological polar surface area (TPSA) is 23.6 Å². The molecular weight excluding hydrogens is 284 g/mol. The summed E-state index contributed by atoms with van der Waals surface area (Å²) in [6.45, 7) is 7.14. The first-order valence-electron chi connectivity index (χ1n) is 7.75. The molecule has 0 aromatic heterocycles. The highest BCUT2D eigenvalue weighted by atomic mass is 35.5. The number of nitrogens with zero attached hydrogens (tertiary/aromatic N) is 2. The van der Waals surface area contributed by atoms with Crippen molar-refractivity contribution in [1.29, 1.82) is 0 Å². The lowest BCUT2D eigenvalue weighted by molar-refractivity contribution is -0.134. The summed E-state index contributed by atoms with van der Waals surface area (Å²) in [5.41, 5.74) is 1.33. The van der Waals surface area contributed by atoms with Crippen molar-refractivity contribution in [1.82, 2.24) is 9.80 Å². The molecule has 1 heterocycles. The van der Waals surface area contributed by atoms with E-state index in [1.54, 1.807) is 0 Å². The quantitative estimate of drug-likeness (QED) is 0.780. The highest BCUT2D eigenvalue weighted by molar-refractivity contribution is 6.27. The van der Waals surface area contributed by atoms with Gasteiger partial charge in [0.25, 0.3) is 0 Å². The van der Waals surface area contributed by atoms with Gasteiger partial charge < -0.3 is 4.90 Å². The Balaban J connectivity index is 2.00. The van der Waals surface area contributed by atoms with E-state index >= 15 is 0 Å². The third kappa shape index (κ3) is 4.45. The Bertz CT molecular complexity index is 449. The van der Waals surface area contributed by atoms with E-state index in [-0.39, 0.29) is 23.9 Å². The average molecular weight is 309 g/mol. The molecule has 3 nitrogen and oxygen atoms in total. The Morgan fingerprint density at radius 2 is 2.10 bits per heavy atom. The molecule has 0 aliphatic carbocycles. The number of alkyl halides is 1. The third-order valence-electron chi connectivity index (χ3n) is 4.08. The van der Waals surface area contributed by atoms with Crippen LogP contribution in [0.25, 0.3) is 0 Å². The number of likely N-dealkylation sites (tertiary alicyclic amines) is 1. The first-order valence-corrected chi connectivity index (χ1v) is 8.28. The fraction of sp³-hybridized carbons (Fsp3) is 0.588. The molecule has 1 fully saturated rings. The van der Waals surface area contributed by atoms with Crippen LogP contribution in [0.15, 0.2) is 30.3 Å². The Morgan fingerprint density at radius 3 is 2.71 bits per heavy atom. The van der Waals surface area contributed by atoms with Crippen LogP contribution in [0.2, 0.25) is 0 Å². The minimum Gasteiger partial charge on any atom is -0.335 e. The lowest BCUT2D eigenvalue weighted by atomic mass is 10.0. The maximum atomic E-state index is 12.1. The van der Waals surface area contributed by atoms with Gasteiger partial charge in [-0.25, -0.2) is 0 Å². The number of piperidine rings is 1. The van der Waals surface area contributed by atoms with Crippen LogP contribution in [0, 0.1) is 0 Å². The van der Waals surface area contributed by atoms with E-state index < -0.39 is 0 Å². The molecule has 1 aromatic carbocycles. The van der Waals surface area contributed by atoms with Crippen molar-refractivity contribution >= 4 is 17.5 Å². The van der Waals surface area contributed by atoms with Gasteiger partial charge in [0.1, 0.15) is 5.88 Å². The van der Waals surface area contributed by atoms with Crippen LogP contribution >= 0.6 is 11.6 Å². The molecule has 0 bridgehead atoms. The van der Waals surface area contributed by atoms with Gasteiger partial charge in [-0.1, -0.05) is 30.3 Å². The van der Waals surface area contributed by atoms with E-state index in [0.29, 0.717) is 0 Å². The molecule has 1 aromatic rings. The van der Waals surface area contributed by atoms with Crippen LogP contribution in [0.5, 0.6) is 0 Å². The summed E-state index contributed by atoms with van der Waals surface area (Å²) >= 11 is 5.77. The summed E-state index contributed by atoms with van der Waals surface area (Å²) in [6, 6.07) is 11.0. The number of hydrogen-bond acceptors (Lipinski definition) is 2. The summed E-state index contributed by atoms with van der Waals surface area (Å²) < 4.78 is 0. The second kappa shape index (κ2) is 7.81. The van der Waals surface area contributed by atoms with Crippen molar-refractivity contribution in [3.8, 4) is 0 Å². The summed E-state index contributed by atoms with van der Waals surface area (Å²) in [7, 11) is 0. The minimum atomic E-state index is 0.0539. The molecule has 4 heteroatoms. The SMILES string of the molecule is CC(C)N(C(=O)CCl)[C@@H]1CCCN(Cc2ccccc2)C1. The van der Waals surface area contributed by atoms with Gasteiger partial charge in [-0.15, -0.1) is 11.6 Å². The number of benzene rings is 1. The molecule has 1 aliphatic rings. The van der Waals surface area contributed by atoms with Crippen molar-refractivity contribution in [2.24, 2.45) is 0 Å². The standard InChI is InChI=1S/C17H25ClN2O/c1-14(2)20(17(21)11-18)16-9-6-10-19(13-16)12-15-7-4-3-5-8-15/h3-5,7-8,14,16H,6,9-13H2,1-2H3/t16-/m1/s1. The maximum absolute atomic E-state index is 12.1. The zero-order valence-electron chi connectivity index (χ0n) is 13.0.